The van der Waals surface area contributed by atoms with Crippen molar-refractivity contribution >= 4 is 33.8 Å². The normalized spacial score (nSPS) is 11.9. The van der Waals surface area contributed by atoms with E-state index in [1.165, 1.54) is 0 Å². The lowest BCUT2D eigenvalue weighted by Gasteiger charge is -2.29. The van der Waals surface area contributed by atoms with Crippen LogP contribution in [-0.4, -0.2) is 22.0 Å². The lowest BCUT2D eigenvalue weighted by molar-refractivity contribution is 0.0971. The minimum atomic E-state index is -0.193. The van der Waals surface area contributed by atoms with Gasteiger partial charge in [-0.05, 0) is 40.7 Å². The molecular formula is C31H38BrN3O2. The number of carbonyl (C=O) groups is 1. The minimum Gasteiger partial charge on any atom is -0.496 e. The molecule has 4 aromatic rings. The highest BCUT2D eigenvalue weighted by Gasteiger charge is 2.29. The number of hydrogen-bond donors (Lipinski definition) is 1. The number of aromatic nitrogens is 2. The van der Waals surface area contributed by atoms with Crippen LogP contribution in [0.3, 0.4) is 0 Å². The highest BCUT2D eigenvalue weighted by molar-refractivity contribution is 8.93. The van der Waals surface area contributed by atoms with Crippen molar-refractivity contribution in [2.45, 2.75) is 65.5 Å². The number of ether oxygens (including phenoxy) is 1. The monoisotopic (exact) mass is 563 g/mol. The number of rotatable bonds is 6. The Morgan fingerprint density at radius 1 is 0.811 bits per heavy atom. The van der Waals surface area contributed by atoms with Gasteiger partial charge in [-0.3, -0.25) is 10.2 Å². The molecule has 1 N–H and O–H groups in total. The molecular weight excluding hydrogens is 526 g/mol. The van der Waals surface area contributed by atoms with Gasteiger partial charge in [0.15, 0.2) is 5.78 Å². The number of carbonyl (C=O) groups excluding carboxylic acids is 1. The van der Waals surface area contributed by atoms with Crippen LogP contribution in [0.15, 0.2) is 66.7 Å². The number of para-hydroxylation sites is 2. The zero-order valence-electron chi connectivity index (χ0n) is 22.9. The molecule has 0 amide bonds. The fraction of sp³-hybridized carbons (Fsp3) is 0.355. The summed E-state index contributed by atoms with van der Waals surface area (Å²) in [5, 5.41) is 8.98. The number of benzene rings is 3. The molecule has 0 atom stereocenters. The Hall–Kier alpha value is -3.12. The third-order valence-electron chi connectivity index (χ3n) is 6.69. The Kier molecular flexibility index (Phi) is 8.23. The molecule has 0 saturated carbocycles. The van der Waals surface area contributed by atoms with Crippen molar-refractivity contribution in [2.24, 2.45) is 0 Å². The summed E-state index contributed by atoms with van der Waals surface area (Å²) < 4.78 is 9.65. The summed E-state index contributed by atoms with van der Waals surface area (Å²) >= 11 is 0. The number of imidazole rings is 1. The van der Waals surface area contributed by atoms with E-state index in [1.54, 1.807) is 7.11 Å². The van der Waals surface area contributed by atoms with E-state index in [2.05, 4.69) is 53.7 Å². The van der Waals surface area contributed by atoms with Crippen LogP contribution in [0.2, 0.25) is 0 Å². The van der Waals surface area contributed by atoms with Gasteiger partial charge in [-0.25, -0.2) is 0 Å². The number of nitrogens with one attached hydrogen (secondary N) is 1. The number of methoxy groups -OCH3 is 1. The number of nitrogens with zero attached hydrogens (tertiary/aromatic N) is 2. The summed E-state index contributed by atoms with van der Waals surface area (Å²) in [6.07, 6.45) is 0. The Morgan fingerprint density at radius 3 is 1.78 bits per heavy atom. The van der Waals surface area contributed by atoms with Gasteiger partial charge in [-0.2, -0.15) is 0 Å². The van der Waals surface area contributed by atoms with Crippen molar-refractivity contribution < 1.29 is 9.53 Å². The third kappa shape index (κ3) is 5.74. The summed E-state index contributed by atoms with van der Waals surface area (Å²) in [5.74, 6) is 0.828. The number of Topliss-reactive ketones (excluding diaryl/α,β-unsaturated/α-hetero) is 1. The Bertz CT molecular complexity index is 1430. The van der Waals surface area contributed by atoms with Gasteiger partial charge in [-0.15, -0.1) is 17.0 Å². The van der Waals surface area contributed by atoms with Crippen molar-refractivity contribution in [3.63, 3.8) is 0 Å². The second-order valence-corrected chi connectivity index (χ2v) is 11.5. The number of ketones is 1. The largest absolute Gasteiger partial charge is 0.496 e. The van der Waals surface area contributed by atoms with Crippen LogP contribution < -0.4 is 10.4 Å². The molecule has 4 rings (SSSR count). The summed E-state index contributed by atoms with van der Waals surface area (Å²) in [5.41, 5.74) is 5.55. The van der Waals surface area contributed by atoms with Gasteiger partial charge in [0.25, 0.3) is 0 Å². The Labute approximate surface area is 230 Å². The molecule has 0 saturated heterocycles. The Balaban J connectivity index is 0.00000380. The van der Waals surface area contributed by atoms with Crippen LogP contribution in [0.4, 0.5) is 0 Å². The van der Waals surface area contributed by atoms with E-state index in [0.29, 0.717) is 17.7 Å². The van der Waals surface area contributed by atoms with E-state index >= 15 is 0 Å². The smallest absolute Gasteiger partial charge is 0.203 e. The van der Waals surface area contributed by atoms with Crippen molar-refractivity contribution in [1.29, 1.82) is 5.41 Å². The molecule has 0 spiro atoms. The van der Waals surface area contributed by atoms with Crippen molar-refractivity contribution in [3.05, 3.63) is 94.6 Å². The maximum atomic E-state index is 13.8. The quantitative estimate of drug-likeness (QED) is 0.256. The molecule has 1 heterocycles. The summed E-state index contributed by atoms with van der Waals surface area (Å²) in [6, 6.07) is 22.0. The molecule has 196 valence electrons. The molecule has 0 unspecified atom stereocenters. The summed E-state index contributed by atoms with van der Waals surface area (Å²) in [4.78, 5) is 13.8. The van der Waals surface area contributed by atoms with Crippen LogP contribution in [-0.2, 0) is 23.9 Å². The van der Waals surface area contributed by atoms with Crippen LogP contribution in [0.5, 0.6) is 5.75 Å². The van der Waals surface area contributed by atoms with Crippen molar-refractivity contribution in [1.82, 2.24) is 9.13 Å². The molecule has 0 fully saturated rings. The van der Waals surface area contributed by atoms with Gasteiger partial charge in [0.05, 0.1) is 31.2 Å². The molecule has 3 aromatic carbocycles. The summed E-state index contributed by atoms with van der Waals surface area (Å²) in [7, 11) is 1.70. The highest BCUT2D eigenvalue weighted by Crippen LogP contribution is 2.40. The lowest BCUT2D eigenvalue weighted by atomic mass is 9.78. The van der Waals surface area contributed by atoms with E-state index < -0.39 is 0 Å². The van der Waals surface area contributed by atoms with Gasteiger partial charge in [-0.1, -0.05) is 84.0 Å². The van der Waals surface area contributed by atoms with Gasteiger partial charge < -0.3 is 13.9 Å². The molecule has 0 bridgehead atoms. The fourth-order valence-corrected chi connectivity index (χ4v) is 4.74. The SMILES string of the molecule is Br.COc1c(C(C)(C)C)cc(C(=O)Cn2c(=N)n(Cc3ccccc3)c3ccccc32)cc1C(C)(C)C. The molecule has 1 aromatic heterocycles. The molecule has 0 aliphatic carbocycles. The van der Waals surface area contributed by atoms with Gasteiger partial charge in [0.2, 0.25) is 5.62 Å². The highest BCUT2D eigenvalue weighted by atomic mass is 79.9. The average molecular weight is 565 g/mol. The maximum Gasteiger partial charge on any atom is 0.203 e. The number of halogens is 1. The van der Waals surface area contributed by atoms with E-state index in [4.69, 9.17) is 10.1 Å². The second kappa shape index (κ2) is 10.7. The van der Waals surface area contributed by atoms with Crippen molar-refractivity contribution in [3.8, 4) is 5.75 Å². The van der Waals surface area contributed by atoms with Crippen molar-refractivity contribution in [2.75, 3.05) is 7.11 Å². The maximum absolute atomic E-state index is 13.8. The zero-order valence-corrected chi connectivity index (χ0v) is 24.6. The number of hydrogen-bond acceptors (Lipinski definition) is 3. The minimum absolute atomic E-state index is 0. The first-order chi connectivity index (χ1) is 16.9. The third-order valence-corrected chi connectivity index (χ3v) is 6.69. The predicted molar refractivity (Wildman–Crippen MR) is 156 cm³/mol. The molecule has 0 aliphatic rings. The standard InChI is InChI=1S/C31H37N3O2.BrH/c1-30(2,3)23-17-22(18-24(28(23)36-7)31(4,5)6)27(35)20-34-26-16-12-11-15-25(26)33(29(34)32)19-21-13-9-8-10-14-21;/h8-18,32H,19-20H2,1-7H3;1H. The first-order valence-corrected chi connectivity index (χ1v) is 12.4. The van der Waals surface area contributed by atoms with Gasteiger partial charge >= 0.3 is 0 Å². The van der Waals surface area contributed by atoms with Crippen LogP contribution in [0.1, 0.15) is 68.6 Å². The fourth-order valence-electron chi connectivity index (χ4n) is 4.74. The predicted octanol–water partition coefficient (Wildman–Crippen LogP) is 7.03. The molecule has 6 heteroatoms. The van der Waals surface area contributed by atoms with Crippen LogP contribution >= 0.6 is 17.0 Å². The average Bonchev–Trinajstić information content (AvgIpc) is 3.08. The molecule has 37 heavy (non-hydrogen) atoms. The van der Waals surface area contributed by atoms with Gasteiger partial charge in [0.1, 0.15) is 5.75 Å². The second-order valence-electron chi connectivity index (χ2n) is 11.5. The Morgan fingerprint density at radius 2 is 1.30 bits per heavy atom. The first-order valence-electron chi connectivity index (χ1n) is 12.4. The number of fused-ring (bicyclic) bond motifs is 1. The first kappa shape index (κ1) is 28.5. The van der Waals surface area contributed by atoms with E-state index in [0.717, 1.165) is 33.5 Å². The van der Waals surface area contributed by atoms with E-state index in [1.807, 2.05) is 63.7 Å². The molecule has 0 aliphatic heterocycles. The van der Waals surface area contributed by atoms with Crippen LogP contribution in [0, 0.1) is 5.41 Å². The lowest BCUT2D eigenvalue weighted by Crippen LogP contribution is -2.28. The van der Waals surface area contributed by atoms with Gasteiger partial charge in [0, 0.05) is 16.7 Å². The molecule has 5 nitrogen and oxygen atoms in total. The summed E-state index contributed by atoms with van der Waals surface area (Å²) in [6.45, 7) is 13.5. The van der Waals surface area contributed by atoms with E-state index in [9.17, 15) is 4.79 Å². The molecule has 0 radical (unpaired) electrons. The van der Waals surface area contributed by atoms with E-state index in [-0.39, 0.29) is 40.1 Å². The van der Waals surface area contributed by atoms with Crippen LogP contribution in [0.25, 0.3) is 11.0 Å². The topological polar surface area (TPSA) is 60.0 Å². The zero-order chi connectivity index (χ0) is 26.3.